The van der Waals surface area contributed by atoms with E-state index >= 15 is 0 Å². The Balaban J connectivity index is 1.39. The van der Waals surface area contributed by atoms with Crippen molar-refractivity contribution in [2.45, 2.75) is 11.8 Å². The first kappa shape index (κ1) is 65.4. The third kappa shape index (κ3) is 8.30. The summed E-state index contributed by atoms with van der Waals surface area (Å²) in [5.41, 5.74) is -9.39. The molecule has 0 aliphatic heterocycles. The van der Waals surface area contributed by atoms with Crippen LogP contribution in [0.5, 0.6) is 0 Å². The molecule has 9 aromatic rings. The second-order valence-electron chi connectivity index (χ2n) is 22.1. The molecule has 1 atom stereocenters. The third-order valence-electron chi connectivity index (χ3n) is 18.0. The Hall–Kier alpha value is -5.06. The van der Waals surface area contributed by atoms with Crippen LogP contribution in [0.4, 0.5) is 0 Å². The summed E-state index contributed by atoms with van der Waals surface area (Å²) >= 11 is 0. The quantitative estimate of drug-likeness (QED) is 0.0936. The summed E-state index contributed by atoms with van der Waals surface area (Å²) in [7, 11) is 229. The summed E-state index contributed by atoms with van der Waals surface area (Å²) in [6.45, 7) is 0. The smallest absolute Gasteiger partial charge is 0.116 e. The molecule has 2 aliphatic carbocycles. The molecular formula is C56H3B33. The van der Waals surface area contributed by atoms with Crippen LogP contribution in [0.3, 0.4) is 0 Å². The van der Waals surface area contributed by atoms with E-state index in [2.05, 4.69) is 5.92 Å². The van der Waals surface area contributed by atoms with E-state index in [1.165, 1.54) is 0 Å². The van der Waals surface area contributed by atoms with E-state index in [0.717, 1.165) is 0 Å². The van der Waals surface area contributed by atoms with Gasteiger partial charge in [0, 0.05) is 5.41 Å². The van der Waals surface area contributed by atoms with Gasteiger partial charge in [-0.3, -0.25) is 0 Å². The molecule has 9 aromatic carbocycles. The average molecular weight is 1030 g/mol. The standard InChI is InChI=1S/C56H3B33/c1-2-5(57)25(59)24(58)4-3-56(21-6(4)29(63)47(81)54(88)43(21)77)22-7(15-23(56)28(62)19(38(72)36(15)70)20-41(75)52(86)55(89)53(87)42(20)76)8(31(65)46(80)44(22)78)16-27(61)18(40(74)45(79)39(16)73)17-26(60)9-10(30(64)37(17)71)12-14(35(69)51(85)49(83)33(12)67)13-11(9)32(66)48(82)50(84)34(13)68/h1H,3H2/b24-4-,25-5-. The SMILES string of the molecule is [B]/C(C#C)=C([B])/C([B])=C1\CC2(c3c([B])c([B])c([B])c([B])c31)c1c([B])c(-c3c([B])c([B])c([B])c([B])c3[B])c([B])c([B])c1-c1c(-c3c([B])c([B])c([B])c(-c4c([B])c([B])c5c6c([B])c([B])c([B])c([B])c6c6c([B])c([B])c([B])c([B])c6c5c4[B])c3[B])c([B])c([B])c([B])c12. The third-order valence-corrected chi connectivity index (χ3v) is 18.0. The summed E-state index contributed by atoms with van der Waals surface area (Å²) < 4.78 is 0. The average Bonchev–Trinajstić information content (AvgIpc) is 1.55. The van der Waals surface area contributed by atoms with E-state index in [1.54, 1.807) is 0 Å². The molecule has 1 unspecified atom stereocenters. The van der Waals surface area contributed by atoms with Crippen molar-refractivity contribution in [2.75, 3.05) is 0 Å². The lowest BCUT2D eigenvalue weighted by atomic mass is 9.54. The van der Waals surface area contributed by atoms with Gasteiger partial charge in [0.2, 0.25) is 0 Å². The second-order valence-corrected chi connectivity index (χ2v) is 22.1. The highest BCUT2D eigenvalue weighted by Crippen LogP contribution is 2.60. The highest BCUT2D eigenvalue weighted by atomic mass is 14.6. The molecule has 0 saturated heterocycles. The second kappa shape index (κ2) is 22.0. The number of benzene rings is 9. The van der Waals surface area contributed by atoms with Gasteiger partial charge in [0.25, 0.3) is 0 Å². The van der Waals surface area contributed by atoms with E-state index < -0.39 is 5.41 Å². The molecule has 33 heteroatoms. The predicted octanol–water partition coefficient (Wildman–Crippen LogP) is -23.3. The molecular weight excluding hydrogens is 1030 g/mol. The van der Waals surface area contributed by atoms with Gasteiger partial charge in [-0.2, -0.15) is 0 Å². The molecule has 0 aromatic heterocycles. The Morgan fingerprint density at radius 1 is 0.236 bits per heavy atom. The van der Waals surface area contributed by atoms with Crippen molar-refractivity contribution in [3.05, 3.63) is 38.7 Å². The van der Waals surface area contributed by atoms with Crippen LogP contribution in [0.1, 0.15) is 28.7 Å². The number of hydrogen-bond donors (Lipinski definition) is 0. The summed E-state index contributed by atoms with van der Waals surface area (Å²) in [4.78, 5) is 0. The summed E-state index contributed by atoms with van der Waals surface area (Å²) in [5.74, 6) is 2.30. The zero-order valence-electron chi connectivity index (χ0n) is 47.3. The molecule has 0 amide bonds. The fourth-order valence-corrected chi connectivity index (χ4v) is 13.5. The Labute approximate surface area is 563 Å². The van der Waals surface area contributed by atoms with E-state index in [9.17, 15) is 0 Å². The van der Waals surface area contributed by atoms with Crippen molar-refractivity contribution in [2.24, 2.45) is 0 Å². The molecule has 0 saturated carbocycles. The van der Waals surface area contributed by atoms with E-state index in [-0.39, 0.29) is 291 Å². The normalized spacial score (nSPS) is 15.0. The van der Waals surface area contributed by atoms with Crippen molar-refractivity contribution < 1.29 is 0 Å². The summed E-state index contributed by atoms with van der Waals surface area (Å²) in [6.07, 6.45) is 5.39. The van der Waals surface area contributed by atoms with Crippen LogP contribution < -0.4 is 164 Å². The lowest BCUT2D eigenvalue weighted by Crippen LogP contribution is -2.56. The number of allylic oxidation sites excluding steroid dienone is 4. The largest absolute Gasteiger partial charge is 0.125 e. The minimum absolute atomic E-state index is 0.0130. The van der Waals surface area contributed by atoms with Crippen LogP contribution in [-0.2, 0) is 5.41 Å². The van der Waals surface area contributed by atoms with Crippen molar-refractivity contribution in [1.29, 1.82) is 0 Å². The molecule has 0 N–H and O–H groups in total. The Kier molecular flexibility index (Phi) is 16.2. The molecule has 0 bridgehead atoms. The molecule has 11 rings (SSSR count). The summed E-state index contributed by atoms with van der Waals surface area (Å²) in [5, 5.41) is 0.511. The number of terminal acetylenes is 1. The molecule has 2 aliphatic rings. The maximum Gasteiger partial charge on any atom is 0.125 e. The Morgan fingerprint density at radius 2 is 0.472 bits per heavy atom. The van der Waals surface area contributed by atoms with Crippen LogP contribution in [0.2, 0.25) is 0 Å². The van der Waals surface area contributed by atoms with Gasteiger partial charge in [0.1, 0.15) is 259 Å². The van der Waals surface area contributed by atoms with Crippen molar-refractivity contribution >= 4 is 461 Å². The van der Waals surface area contributed by atoms with Crippen LogP contribution in [-0.4, -0.2) is 259 Å². The van der Waals surface area contributed by atoms with E-state index in [4.69, 9.17) is 265 Å². The Morgan fingerprint density at radius 3 is 0.899 bits per heavy atom. The van der Waals surface area contributed by atoms with Gasteiger partial charge in [-0.05, 0) is 111 Å². The summed E-state index contributed by atoms with van der Waals surface area (Å²) in [6, 6.07) is 0. The molecule has 0 heterocycles. The highest BCUT2D eigenvalue weighted by Gasteiger charge is 2.55. The lowest BCUT2D eigenvalue weighted by molar-refractivity contribution is 0.695. The van der Waals surface area contributed by atoms with Crippen molar-refractivity contribution in [3.63, 3.8) is 0 Å². The zero-order valence-corrected chi connectivity index (χ0v) is 47.3. The molecule has 1 spiro atoms. The number of hydrogen-bond acceptors (Lipinski definition) is 0. The molecule has 66 radical (unpaired) electrons. The van der Waals surface area contributed by atoms with Gasteiger partial charge in [-0.15, -0.1) is 72.0 Å². The first-order valence-corrected chi connectivity index (χ1v) is 26.3. The molecule has 326 valence electrons. The molecule has 0 nitrogen and oxygen atoms in total. The first-order valence-electron chi connectivity index (χ1n) is 26.3. The van der Waals surface area contributed by atoms with Crippen LogP contribution >= 0.6 is 0 Å². The first-order chi connectivity index (χ1) is 41.5. The van der Waals surface area contributed by atoms with Gasteiger partial charge < -0.3 is 0 Å². The van der Waals surface area contributed by atoms with E-state index in [1.807, 2.05) is 0 Å². The van der Waals surface area contributed by atoms with Crippen molar-refractivity contribution in [3.8, 4) is 56.9 Å². The van der Waals surface area contributed by atoms with Gasteiger partial charge in [-0.1, -0.05) is 121 Å². The van der Waals surface area contributed by atoms with E-state index in [0.29, 0.717) is 0 Å². The van der Waals surface area contributed by atoms with Gasteiger partial charge >= 0.3 is 0 Å². The minimum Gasteiger partial charge on any atom is -0.116 e. The van der Waals surface area contributed by atoms with Crippen LogP contribution in [0, 0.1) is 12.3 Å². The van der Waals surface area contributed by atoms with Gasteiger partial charge in [0.15, 0.2) is 0 Å². The van der Waals surface area contributed by atoms with Gasteiger partial charge in [-0.25, -0.2) is 0 Å². The molecule has 89 heavy (non-hydrogen) atoms. The monoisotopic (exact) mass is 1040 g/mol. The number of fused-ring (bicyclic) bond motifs is 13. The lowest BCUT2D eigenvalue weighted by Gasteiger charge is -2.37. The Bertz CT molecular complexity index is 5010. The zero-order chi connectivity index (χ0) is 65.9. The van der Waals surface area contributed by atoms with Crippen LogP contribution in [0.25, 0.3) is 82.4 Å². The minimum atomic E-state index is -2.00. The predicted molar refractivity (Wildman–Crippen MR) is 413 cm³/mol. The molecule has 0 fully saturated rings. The van der Waals surface area contributed by atoms with Crippen LogP contribution in [0.15, 0.2) is 16.4 Å². The van der Waals surface area contributed by atoms with Crippen molar-refractivity contribution in [1.82, 2.24) is 0 Å². The fraction of sp³-hybridized carbons (Fsp3) is 0.0357. The maximum absolute atomic E-state index is 7.66. The highest BCUT2D eigenvalue weighted by molar-refractivity contribution is 6.78. The topological polar surface area (TPSA) is 0 Å². The van der Waals surface area contributed by atoms with Gasteiger partial charge in [0.05, 0.1) is 0 Å². The maximum atomic E-state index is 7.66. The fourth-order valence-electron chi connectivity index (χ4n) is 13.5. The number of rotatable bonds is 4.